The molecule has 2 heterocycles. The fraction of sp³-hybridized carbons (Fsp3) is 0.545. The number of non-ortho nitro benzene ring substituents is 1. The van der Waals surface area contributed by atoms with Crippen LogP contribution in [-0.2, 0) is 14.4 Å². The summed E-state index contributed by atoms with van der Waals surface area (Å²) < 4.78 is 5.59. The van der Waals surface area contributed by atoms with E-state index in [1.165, 1.54) is 18.2 Å². The molecule has 0 aliphatic carbocycles. The Bertz CT molecular complexity index is 1360. The van der Waals surface area contributed by atoms with E-state index in [-0.39, 0.29) is 42.0 Å². The van der Waals surface area contributed by atoms with Gasteiger partial charge in [0.2, 0.25) is 11.8 Å². The molecule has 0 unspecified atom stereocenters. The van der Waals surface area contributed by atoms with E-state index in [1.807, 2.05) is 41.8 Å². The molecule has 0 bridgehead atoms. The summed E-state index contributed by atoms with van der Waals surface area (Å²) in [7, 11) is 0. The number of hydrogen-bond donors (Lipinski definition) is 0. The van der Waals surface area contributed by atoms with Crippen LogP contribution in [0, 0.1) is 23.0 Å². The van der Waals surface area contributed by atoms with Crippen molar-refractivity contribution in [2.75, 3.05) is 57.3 Å². The van der Waals surface area contributed by atoms with Crippen LogP contribution in [0.1, 0.15) is 51.5 Å². The van der Waals surface area contributed by atoms with Crippen molar-refractivity contribution in [2.24, 2.45) is 5.92 Å². The number of ether oxygens (including phenoxy) is 1. The van der Waals surface area contributed by atoms with Crippen LogP contribution in [-0.4, -0.2) is 95.8 Å². The van der Waals surface area contributed by atoms with Gasteiger partial charge in [-0.2, -0.15) is 0 Å². The number of nitrogens with zero attached hydrogens (tertiary/aromatic N) is 5. The maximum atomic E-state index is 13.7. The number of likely N-dealkylation sites (N-methyl/N-ethyl adjacent to an activating group) is 1. The summed E-state index contributed by atoms with van der Waals surface area (Å²) in [6, 6.07) is 11.7. The normalized spacial score (nSPS) is 16.3. The van der Waals surface area contributed by atoms with Crippen LogP contribution >= 0.6 is 11.6 Å². The van der Waals surface area contributed by atoms with Crippen LogP contribution in [0.3, 0.4) is 0 Å². The van der Waals surface area contributed by atoms with Crippen molar-refractivity contribution in [1.29, 1.82) is 0 Å². The van der Waals surface area contributed by atoms with E-state index in [2.05, 4.69) is 4.90 Å². The molecule has 0 radical (unpaired) electrons. The van der Waals surface area contributed by atoms with Gasteiger partial charge in [0.1, 0.15) is 5.75 Å². The minimum Gasteiger partial charge on any atom is -0.484 e. The van der Waals surface area contributed by atoms with Crippen molar-refractivity contribution in [2.45, 2.75) is 58.9 Å². The second-order valence-corrected chi connectivity index (χ2v) is 12.3. The summed E-state index contributed by atoms with van der Waals surface area (Å²) in [6.07, 6.45) is 3.78. The van der Waals surface area contributed by atoms with Crippen molar-refractivity contribution >= 4 is 40.7 Å². The quantitative estimate of drug-likeness (QED) is 0.238. The zero-order chi connectivity index (χ0) is 32.5. The Labute approximate surface area is 270 Å². The van der Waals surface area contributed by atoms with Crippen molar-refractivity contribution < 1.29 is 24.0 Å². The molecular weight excluding hydrogens is 598 g/mol. The summed E-state index contributed by atoms with van der Waals surface area (Å²) in [6.45, 7) is 10.1. The summed E-state index contributed by atoms with van der Waals surface area (Å²) in [5.41, 5.74) is 1.68. The first-order chi connectivity index (χ1) is 21.6. The van der Waals surface area contributed by atoms with Gasteiger partial charge in [0.25, 0.3) is 11.6 Å². The average Bonchev–Trinajstić information content (AvgIpc) is 3.04. The second kappa shape index (κ2) is 16.0. The Hall–Kier alpha value is -3.70. The van der Waals surface area contributed by atoms with E-state index >= 15 is 0 Å². The van der Waals surface area contributed by atoms with Gasteiger partial charge in [0.05, 0.1) is 11.0 Å². The van der Waals surface area contributed by atoms with Crippen molar-refractivity contribution in [3.63, 3.8) is 0 Å². The van der Waals surface area contributed by atoms with Crippen LogP contribution in [0.5, 0.6) is 5.75 Å². The molecule has 0 saturated carbocycles. The van der Waals surface area contributed by atoms with E-state index in [0.717, 1.165) is 50.1 Å². The number of rotatable bonds is 12. The number of nitro groups is 1. The molecule has 0 spiro atoms. The Morgan fingerprint density at radius 2 is 1.76 bits per heavy atom. The lowest BCUT2D eigenvalue weighted by atomic mass is 9.94. The summed E-state index contributed by atoms with van der Waals surface area (Å²) >= 11 is 6.45. The number of halogens is 1. The minimum absolute atomic E-state index is 0.0482. The van der Waals surface area contributed by atoms with E-state index in [4.69, 9.17) is 16.3 Å². The molecule has 2 aromatic rings. The highest BCUT2D eigenvalue weighted by molar-refractivity contribution is 6.31. The first-order valence-corrected chi connectivity index (χ1v) is 16.2. The van der Waals surface area contributed by atoms with Crippen LogP contribution in [0.2, 0.25) is 5.02 Å². The van der Waals surface area contributed by atoms with Crippen LogP contribution < -0.4 is 9.64 Å². The summed E-state index contributed by atoms with van der Waals surface area (Å²) in [4.78, 5) is 57.0. The number of anilines is 1. The van der Waals surface area contributed by atoms with E-state index in [1.54, 1.807) is 17.9 Å². The zero-order valence-corrected chi connectivity index (χ0v) is 27.2. The van der Waals surface area contributed by atoms with E-state index < -0.39 is 4.92 Å². The molecule has 2 aromatic carbocycles. The molecular formula is C33H44ClN5O6. The molecule has 11 nitrogen and oxygen atoms in total. The average molecular weight is 642 g/mol. The lowest BCUT2D eigenvalue weighted by Crippen LogP contribution is -2.49. The van der Waals surface area contributed by atoms with Gasteiger partial charge in [-0.15, -0.1) is 0 Å². The van der Waals surface area contributed by atoms with Gasteiger partial charge in [-0.1, -0.05) is 23.7 Å². The van der Waals surface area contributed by atoms with Crippen molar-refractivity contribution in [1.82, 2.24) is 14.7 Å². The largest absolute Gasteiger partial charge is 0.484 e. The molecule has 4 rings (SSSR count). The fourth-order valence-corrected chi connectivity index (χ4v) is 6.41. The Balaban J connectivity index is 1.28. The third kappa shape index (κ3) is 9.17. The molecule has 244 valence electrons. The minimum atomic E-state index is -0.491. The van der Waals surface area contributed by atoms with E-state index in [9.17, 15) is 24.5 Å². The number of aryl methyl sites for hydroxylation is 1. The van der Waals surface area contributed by atoms with Gasteiger partial charge >= 0.3 is 0 Å². The first-order valence-electron chi connectivity index (χ1n) is 15.8. The molecule has 2 aliphatic heterocycles. The van der Waals surface area contributed by atoms with Gasteiger partial charge in [0, 0.05) is 74.9 Å². The number of carbonyl (C=O) groups excluding carboxylic acids is 3. The Morgan fingerprint density at radius 3 is 2.38 bits per heavy atom. The van der Waals surface area contributed by atoms with Crippen molar-refractivity contribution in [3.8, 4) is 5.75 Å². The first kappa shape index (κ1) is 34.2. The standard InChI is InChI=1S/C33H44ClN5O6/c1-4-37(32(41)23-45-30-8-5-7-29(21-30)39(43)44)27-13-17-35(18-14-27)15-6-16-38(28-10-9-24(2)31(34)22-28)33(42)26-11-19-36(20-12-26)25(3)40/h5,7-10,21-22,26-27H,4,6,11-20,23H2,1-3H3. The third-order valence-electron chi connectivity index (χ3n) is 8.93. The monoisotopic (exact) mass is 641 g/mol. The van der Waals surface area contributed by atoms with Gasteiger partial charge in [-0.05, 0) is 76.3 Å². The Morgan fingerprint density at radius 1 is 1.04 bits per heavy atom. The molecule has 3 amide bonds. The lowest BCUT2D eigenvalue weighted by molar-refractivity contribution is -0.384. The highest BCUT2D eigenvalue weighted by atomic mass is 35.5. The smallest absolute Gasteiger partial charge is 0.273 e. The maximum Gasteiger partial charge on any atom is 0.273 e. The zero-order valence-electron chi connectivity index (χ0n) is 26.5. The SMILES string of the molecule is CCN(C(=O)COc1cccc([N+](=O)[O-])c1)C1CCN(CCCN(C(=O)C2CCN(C(C)=O)CC2)c2ccc(C)c(Cl)c2)CC1. The molecule has 2 saturated heterocycles. The number of likely N-dealkylation sites (tertiary alicyclic amines) is 2. The molecule has 0 N–H and O–H groups in total. The fourth-order valence-electron chi connectivity index (χ4n) is 6.24. The number of benzene rings is 2. The highest BCUT2D eigenvalue weighted by Gasteiger charge is 2.31. The van der Waals surface area contributed by atoms with Crippen LogP contribution in [0.25, 0.3) is 0 Å². The highest BCUT2D eigenvalue weighted by Crippen LogP contribution is 2.28. The van der Waals surface area contributed by atoms with Crippen LogP contribution in [0.15, 0.2) is 42.5 Å². The predicted octanol–water partition coefficient (Wildman–Crippen LogP) is 4.93. The summed E-state index contributed by atoms with van der Waals surface area (Å²) in [5, 5.41) is 11.7. The molecule has 2 fully saturated rings. The molecule has 0 atom stereocenters. The number of hydrogen-bond acceptors (Lipinski definition) is 7. The summed E-state index contributed by atoms with van der Waals surface area (Å²) in [5.74, 6) is 0.163. The Kier molecular flexibility index (Phi) is 12.2. The second-order valence-electron chi connectivity index (χ2n) is 11.9. The number of amides is 3. The van der Waals surface area contributed by atoms with E-state index in [0.29, 0.717) is 49.8 Å². The van der Waals surface area contributed by atoms with Crippen LogP contribution in [0.4, 0.5) is 11.4 Å². The molecule has 0 aromatic heterocycles. The van der Waals surface area contributed by atoms with Gasteiger partial charge in [-0.25, -0.2) is 0 Å². The van der Waals surface area contributed by atoms with Gasteiger partial charge < -0.3 is 24.3 Å². The topological polar surface area (TPSA) is 117 Å². The van der Waals surface area contributed by atoms with Gasteiger partial charge in [-0.3, -0.25) is 24.5 Å². The third-order valence-corrected chi connectivity index (χ3v) is 9.34. The van der Waals surface area contributed by atoms with Crippen molar-refractivity contribution in [3.05, 3.63) is 63.2 Å². The maximum absolute atomic E-state index is 13.7. The molecule has 12 heteroatoms. The number of nitro benzene ring substituents is 1. The molecule has 2 aliphatic rings. The number of piperidine rings is 2. The van der Waals surface area contributed by atoms with Gasteiger partial charge in [0.15, 0.2) is 6.61 Å². The number of carbonyl (C=O) groups is 3. The lowest BCUT2D eigenvalue weighted by Gasteiger charge is -2.38. The predicted molar refractivity (Wildman–Crippen MR) is 174 cm³/mol. The molecule has 45 heavy (non-hydrogen) atoms.